The Morgan fingerprint density at radius 3 is 2.17 bits per heavy atom. The van der Waals surface area contributed by atoms with E-state index >= 15 is 0 Å². The van der Waals surface area contributed by atoms with Crippen LogP contribution in [-0.4, -0.2) is 30.7 Å². The summed E-state index contributed by atoms with van der Waals surface area (Å²) in [6.45, 7) is 6.93. The predicted octanol–water partition coefficient (Wildman–Crippen LogP) is 3.19. The highest BCUT2D eigenvalue weighted by Crippen LogP contribution is 2.39. The summed E-state index contributed by atoms with van der Waals surface area (Å²) < 4.78 is 10.0. The third-order valence-electron chi connectivity index (χ3n) is 4.17. The van der Waals surface area contributed by atoms with Crippen molar-refractivity contribution in [2.45, 2.75) is 72.5 Å². The number of Topliss-reactive ketones (excluding diaryl/α,β-unsaturated/α-hetero) is 1. The third-order valence-corrected chi connectivity index (χ3v) is 4.17. The lowest BCUT2D eigenvalue weighted by Crippen LogP contribution is -2.41. The van der Waals surface area contributed by atoms with Crippen molar-refractivity contribution in [3.8, 4) is 0 Å². The maximum absolute atomic E-state index is 11.9. The minimum atomic E-state index is -0.931. The lowest BCUT2D eigenvalue weighted by Gasteiger charge is -2.36. The summed E-state index contributed by atoms with van der Waals surface area (Å²) >= 11 is 0. The van der Waals surface area contributed by atoms with Crippen molar-refractivity contribution in [2.75, 3.05) is 6.54 Å². The van der Waals surface area contributed by atoms with Gasteiger partial charge in [0.25, 0.3) is 0 Å². The van der Waals surface area contributed by atoms with Gasteiger partial charge in [-0.2, -0.15) is 0 Å². The molecule has 0 saturated heterocycles. The van der Waals surface area contributed by atoms with Crippen LogP contribution in [0.2, 0.25) is 0 Å². The highest BCUT2D eigenvalue weighted by Gasteiger charge is 2.34. The third kappa shape index (κ3) is 7.01. The minimum absolute atomic E-state index is 0.140. The fourth-order valence-corrected chi connectivity index (χ4v) is 3.02. The number of esters is 1. The molecule has 0 aromatic heterocycles. The van der Waals surface area contributed by atoms with Crippen LogP contribution in [0, 0.1) is 11.3 Å². The van der Waals surface area contributed by atoms with E-state index in [1.54, 1.807) is 20.8 Å². The molecule has 1 rings (SSSR count). The lowest BCUT2D eigenvalue weighted by atomic mass is 9.71. The Hall–Kier alpha value is -1.59. The standard InChI is InChI=1S/C17H29NO5/c1-12(2)15(20)22-14(4)23-16(21)18-11-17(10-13(3)19)8-6-5-7-9-17/h12,14H,5-11H2,1-4H3,(H,18,21). The van der Waals surface area contributed by atoms with Crippen LogP contribution < -0.4 is 5.32 Å². The minimum Gasteiger partial charge on any atom is -0.425 e. The van der Waals surface area contributed by atoms with Crippen molar-refractivity contribution in [1.29, 1.82) is 0 Å². The number of carbonyl (C=O) groups is 3. The highest BCUT2D eigenvalue weighted by molar-refractivity contribution is 5.76. The quantitative estimate of drug-likeness (QED) is 0.573. The van der Waals surface area contributed by atoms with Crippen LogP contribution in [0.15, 0.2) is 0 Å². The number of rotatable bonds is 7. The average molecular weight is 327 g/mol. The molecular formula is C17H29NO5. The number of alkyl carbamates (subject to hydrolysis) is 1. The molecule has 0 bridgehead atoms. The molecule has 6 nitrogen and oxygen atoms in total. The molecule has 0 aliphatic heterocycles. The molecule has 1 N–H and O–H groups in total. The van der Waals surface area contributed by atoms with E-state index in [0.717, 1.165) is 25.7 Å². The Bertz CT molecular complexity index is 427. The van der Waals surface area contributed by atoms with Crippen LogP contribution >= 0.6 is 0 Å². The van der Waals surface area contributed by atoms with E-state index < -0.39 is 18.4 Å². The van der Waals surface area contributed by atoms with Crippen LogP contribution in [0.3, 0.4) is 0 Å². The van der Waals surface area contributed by atoms with Crippen molar-refractivity contribution in [2.24, 2.45) is 11.3 Å². The maximum Gasteiger partial charge on any atom is 0.410 e. The first kappa shape index (κ1) is 19.5. The molecule has 6 heteroatoms. The molecule has 1 atom stereocenters. The lowest BCUT2D eigenvalue weighted by molar-refractivity contribution is -0.168. The molecule has 23 heavy (non-hydrogen) atoms. The van der Waals surface area contributed by atoms with E-state index in [0.29, 0.717) is 13.0 Å². The van der Waals surface area contributed by atoms with Crippen LogP contribution in [0.5, 0.6) is 0 Å². The van der Waals surface area contributed by atoms with E-state index in [9.17, 15) is 14.4 Å². The Morgan fingerprint density at radius 1 is 1.04 bits per heavy atom. The Morgan fingerprint density at radius 2 is 1.65 bits per heavy atom. The number of hydrogen-bond acceptors (Lipinski definition) is 5. The largest absolute Gasteiger partial charge is 0.425 e. The molecule has 1 aliphatic rings. The molecule has 0 aromatic carbocycles. The van der Waals surface area contributed by atoms with E-state index in [-0.39, 0.29) is 17.1 Å². The van der Waals surface area contributed by atoms with E-state index in [2.05, 4.69) is 5.32 Å². The summed E-state index contributed by atoms with van der Waals surface area (Å²) in [6.07, 6.45) is 4.12. The number of hydrogen-bond donors (Lipinski definition) is 1. The van der Waals surface area contributed by atoms with Gasteiger partial charge in [-0.1, -0.05) is 33.1 Å². The van der Waals surface area contributed by atoms with Gasteiger partial charge < -0.3 is 19.6 Å². The second-order valence-corrected chi connectivity index (χ2v) is 6.86. The maximum atomic E-state index is 11.9. The van der Waals surface area contributed by atoms with Crippen LogP contribution in [0.4, 0.5) is 4.79 Å². The summed E-state index contributed by atoms with van der Waals surface area (Å²) in [7, 11) is 0. The van der Waals surface area contributed by atoms with E-state index in [1.165, 1.54) is 13.3 Å². The molecule has 1 aliphatic carbocycles. The fourth-order valence-electron chi connectivity index (χ4n) is 3.02. The smallest absolute Gasteiger partial charge is 0.410 e. The molecule has 1 saturated carbocycles. The van der Waals surface area contributed by atoms with Gasteiger partial charge in [0.2, 0.25) is 6.29 Å². The van der Waals surface area contributed by atoms with Gasteiger partial charge >= 0.3 is 12.1 Å². The molecule has 0 aromatic rings. The van der Waals surface area contributed by atoms with Gasteiger partial charge in [-0.25, -0.2) is 4.79 Å². The first-order chi connectivity index (χ1) is 10.7. The SMILES string of the molecule is CC(=O)CC1(CNC(=O)OC(C)OC(=O)C(C)C)CCCCC1. The Kier molecular flexibility index (Phi) is 7.52. The Labute approximate surface area is 138 Å². The van der Waals surface area contributed by atoms with E-state index in [4.69, 9.17) is 9.47 Å². The summed E-state index contributed by atoms with van der Waals surface area (Å²) in [4.78, 5) is 34.8. The van der Waals surface area contributed by atoms with Gasteiger partial charge in [0, 0.05) is 19.9 Å². The van der Waals surface area contributed by atoms with Gasteiger partial charge in [0.15, 0.2) is 0 Å². The number of carbonyl (C=O) groups excluding carboxylic acids is 3. The van der Waals surface area contributed by atoms with Crippen LogP contribution in [-0.2, 0) is 19.1 Å². The molecule has 0 radical (unpaired) electrons. The van der Waals surface area contributed by atoms with Crippen molar-refractivity contribution >= 4 is 17.8 Å². The van der Waals surface area contributed by atoms with Gasteiger partial charge in [-0.3, -0.25) is 4.79 Å². The summed E-state index contributed by atoms with van der Waals surface area (Å²) in [5, 5.41) is 2.73. The van der Waals surface area contributed by atoms with Crippen molar-refractivity contribution in [1.82, 2.24) is 5.32 Å². The molecule has 132 valence electrons. The zero-order valence-corrected chi connectivity index (χ0v) is 14.6. The molecule has 0 spiro atoms. The molecule has 0 heterocycles. The van der Waals surface area contributed by atoms with Gasteiger partial charge in [-0.15, -0.1) is 0 Å². The van der Waals surface area contributed by atoms with Crippen molar-refractivity contribution in [3.05, 3.63) is 0 Å². The fraction of sp³-hybridized carbons (Fsp3) is 0.824. The average Bonchev–Trinajstić information content (AvgIpc) is 2.45. The molecule has 1 amide bonds. The normalized spacial score (nSPS) is 18.1. The second-order valence-electron chi connectivity index (χ2n) is 6.86. The molecule has 1 unspecified atom stereocenters. The Balaban J connectivity index is 2.46. The first-order valence-electron chi connectivity index (χ1n) is 8.38. The van der Waals surface area contributed by atoms with Crippen molar-refractivity contribution < 1.29 is 23.9 Å². The second kappa shape index (κ2) is 8.89. The number of nitrogens with one attached hydrogen (secondary N) is 1. The van der Waals surface area contributed by atoms with Crippen LogP contribution in [0.25, 0.3) is 0 Å². The van der Waals surface area contributed by atoms with Gasteiger partial charge in [-0.05, 0) is 25.2 Å². The monoisotopic (exact) mass is 327 g/mol. The zero-order chi connectivity index (χ0) is 17.5. The first-order valence-corrected chi connectivity index (χ1v) is 8.38. The van der Waals surface area contributed by atoms with E-state index in [1.807, 2.05) is 0 Å². The van der Waals surface area contributed by atoms with Gasteiger partial charge in [0.05, 0.1) is 5.92 Å². The van der Waals surface area contributed by atoms with Crippen LogP contribution in [0.1, 0.15) is 66.2 Å². The summed E-state index contributed by atoms with van der Waals surface area (Å²) in [5.41, 5.74) is -0.166. The summed E-state index contributed by atoms with van der Waals surface area (Å²) in [5.74, 6) is -0.544. The van der Waals surface area contributed by atoms with Gasteiger partial charge in [0.1, 0.15) is 5.78 Å². The topological polar surface area (TPSA) is 81.7 Å². The highest BCUT2D eigenvalue weighted by atomic mass is 16.7. The number of ether oxygens (including phenoxy) is 2. The van der Waals surface area contributed by atoms with Crippen molar-refractivity contribution in [3.63, 3.8) is 0 Å². The predicted molar refractivity (Wildman–Crippen MR) is 85.7 cm³/mol. The molecule has 1 fully saturated rings. The number of ketones is 1. The molecular weight excluding hydrogens is 298 g/mol. The summed E-state index contributed by atoms with van der Waals surface area (Å²) in [6, 6.07) is 0. The number of amides is 1. The zero-order valence-electron chi connectivity index (χ0n) is 14.6.